The molecule has 0 N–H and O–H groups in total. The van der Waals surface area contributed by atoms with Crippen LogP contribution in [0, 0.1) is 0 Å². The molecule has 0 saturated heterocycles. The average molecular weight is 432 g/mol. The Balaban J connectivity index is 0. The van der Waals surface area contributed by atoms with Gasteiger partial charge >= 0.3 is 5.97 Å². The fourth-order valence-corrected chi connectivity index (χ4v) is 3.56. The van der Waals surface area contributed by atoms with Crippen LogP contribution in [-0.4, -0.2) is 44.2 Å². The summed E-state index contributed by atoms with van der Waals surface area (Å²) in [7, 11) is 4.26. The lowest BCUT2D eigenvalue weighted by atomic mass is 10.0. The smallest absolute Gasteiger partial charge is 0.305 e. The minimum Gasteiger partial charge on any atom is -1.00 e. The number of esters is 1. The van der Waals surface area contributed by atoms with E-state index in [2.05, 4.69) is 27.6 Å². The first-order chi connectivity index (χ1) is 13.5. The first kappa shape index (κ1) is 30.7. The number of hydrogen-bond acceptors (Lipinski definition) is 2. The summed E-state index contributed by atoms with van der Waals surface area (Å²) in [6.45, 7) is 8.31. The first-order valence-corrected chi connectivity index (χ1v) is 12.1. The van der Waals surface area contributed by atoms with E-state index in [0.29, 0.717) is 13.0 Å². The number of likely N-dealkylation sites (N-methyl/N-ethyl adjacent to an activating group) is 1. The Morgan fingerprint density at radius 1 is 0.793 bits per heavy atom. The Hall–Kier alpha value is -0.540. The van der Waals surface area contributed by atoms with E-state index in [1.807, 2.05) is 6.08 Å². The Kier molecular flexibility index (Phi) is 23.4. The molecular formula is C25H50ClNO2. The molecule has 0 saturated carbocycles. The number of hydrogen-bond donors (Lipinski definition) is 0. The standard InChI is InChI=1S/C25H50NO2.ClH/c1-5-7-8-9-10-11-12-13-14-15-16-17-18-19-20-21-25(27)28-24-23-26(3,4)22-6-2;/h6H,2,5,7-24H2,1,3-4H3;1H/q+1;/p-1. The van der Waals surface area contributed by atoms with Crippen LogP contribution >= 0.6 is 0 Å². The molecule has 0 heterocycles. The van der Waals surface area contributed by atoms with Gasteiger partial charge in [-0.3, -0.25) is 4.79 Å². The largest absolute Gasteiger partial charge is 1.00 e. The summed E-state index contributed by atoms with van der Waals surface area (Å²) in [5.41, 5.74) is 0. The molecule has 0 aromatic carbocycles. The van der Waals surface area contributed by atoms with E-state index in [4.69, 9.17) is 4.74 Å². The molecule has 0 fully saturated rings. The van der Waals surface area contributed by atoms with Gasteiger partial charge in [-0.1, -0.05) is 103 Å². The molecule has 4 heteroatoms. The summed E-state index contributed by atoms with van der Waals surface area (Å²) in [5.74, 6) is -0.0340. The predicted octanol–water partition coefficient (Wildman–Crippen LogP) is 4.06. The summed E-state index contributed by atoms with van der Waals surface area (Å²) in [6.07, 6.45) is 22.7. The molecule has 0 unspecified atom stereocenters. The van der Waals surface area contributed by atoms with Crippen molar-refractivity contribution < 1.29 is 26.4 Å². The molecule has 29 heavy (non-hydrogen) atoms. The average Bonchev–Trinajstić information content (AvgIpc) is 2.64. The Morgan fingerprint density at radius 3 is 1.62 bits per heavy atom. The molecule has 0 bridgehead atoms. The second kappa shape index (κ2) is 22.2. The SMILES string of the molecule is C=CC[N+](C)(C)CCOC(=O)CCCCCCCCCCCCCCCCC.[Cl-]. The monoisotopic (exact) mass is 431 g/mol. The molecule has 0 spiro atoms. The van der Waals surface area contributed by atoms with Gasteiger partial charge < -0.3 is 21.6 Å². The van der Waals surface area contributed by atoms with Crippen LogP contribution in [0.2, 0.25) is 0 Å². The fraction of sp³-hybridized carbons (Fsp3) is 0.880. The highest BCUT2D eigenvalue weighted by Gasteiger charge is 2.13. The fourth-order valence-electron chi connectivity index (χ4n) is 3.56. The van der Waals surface area contributed by atoms with E-state index in [1.54, 1.807) is 0 Å². The van der Waals surface area contributed by atoms with E-state index >= 15 is 0 Å². The lowest BCUT2D eigenvalue weighted by Gasteiger charge is -2.27. The third kappa shape index (κ3) is 23.6. The van der Waals surface area contributed by atoms with Gasteiger partial charge in [0.2, 0.25) is 0 Å². The maximum Gasteiger partial charge on any atom is 0.305 e. The summed E-state index contributed by atoms with van der Waals surface area (Å²) in [6, 6.07) is 0. The van der Waals surface area contributed by atoms with Crippen molar-refractivity contribution in [2.45, 2.75) is 110 Å². The van der Waals surface area contributed by atoms with Crippen molar-refractivity contribution in [2.24, 2.45) is 0 Å². The first-order valence-electron chi connectivity index (χ1n) is 12.1. The van der Waals surface area contributed by atoms with Crippen molar-refractivity contribution >= 4 is 5.97 Å². The molecule has 174 valence electrons. The van der Waals surface area contributed by atoms with Crippen molar-refractivity contribution in [1.29, 1.82) is 0 Å². The van der Waals surface area contributed by atoms with Crippen LogP contribution in [0.4, 0.5) is 0 Å². The molecule has 0 aromatic heterocycles. The quantitative estimate of drug-likeness (QED) is 0.118. The van der Waals surface area contributed by atoms with Crippen molar-refractivity contribution in [3.05, 3.63) is 12.7 Å². The van der Waals surface area contributed by atoms with Gasteiger partial charge in [0.25, 0.3) is 0 Å². The maximum atomic E-state index is 11.8. The molecule has 0 aromatic rings. The lowest BCUT2D eigenvalue weighted by molar-refractivity contribution is -0.884. The van der Waals surface area contributed by atoms with E-state index < -0.39 is 0 Å². The van der Waals surface area contributed by atoms with Crippen LogP contribution in [-0.2, 0) is 9.53 Å². The maximum absolute atomic E-state index is 11.8. The molecular weight excluding hydrogens is 382 g/mol. The highest BCUT2D eigenvalue weighted by atomic mass is 35.5. The second-order valence-electron chi connectivity index (χ2n) is 9.05. The van der Waals surface area contributed by atoms with Gasteiger partial charge in [0, 0.05) is 6.42 Å². The van der Waals surface area contributed by atoms with E-state index in [1.165, 1.54) is 83.5 Å². The Bertz CT molecular complexity index is 372. The van der Waals surface area contributed by atoms with Crippen molar-refractivity contribution in [2.75, 3.05) is 33.8 Å². The minimum absolute atomic E-state index is 0. The van der Waals surface area contributed by atoms with Crippen LogP contribution in [0.1, 0.15) is 110 Å². The van der Waals surface area contributed by atoms with Crippen LogP contribution in [0.5, 0.6) is 0 Å². The van der Waals surface area contributed by atoms with Crippen LogP contribution in [0.15, 0.2) is 12.7 Å². The molecule has 0 rings (SSSR count). The Labute approximate surface area is 188 Å². The van der Waals surface area contributed by atoms with Gasteiger partial charge in [0.05, 0.1) is 20.6 Å². The zero-order chi connectivity index (χ0) is 20.9. The second-order valence-corrected chi connectivity index (χ2v) is 9.05. The lowest BCUT2D eigenvalue weighted by Crippen LogP contribution is -3.00. The predicted molar refractivity (Wildman–Crippen MR) is 123 cm³/mol. The number of quaternary nitrogens is 1. The summed E-state index contributed by atoms with van der Waals surface area (Å²) < 4.78 is 6.17. The number of ether oxygens (including phenoxy) is 1. The van der Waals surface area contributed by atoms with E-state index in [0.717, 1.165) is 30.4 Å². The van der Waals surface area contributed by atoms with Gasteiger partial charge in [-0.05, 0) is 12.5 Å². The number of nitrogens with zero attached hydrogens (tertiary/aromatic N) is 1. The molecule has 0 amide bonds. The van der Waals surface area contributed by atoms with Crippen molar-refractivity contribution in [3.63, 3.8) is 0 Å². The minimum atomic E-state index is -0.0340. The number of unbranched alkanes of at least 4 members (excludes halogenated alkanes) is 14. The zero-order valence-electron chi connectivity index (χ0n) is 19.9. The van der Waals surface area contributed by atoms with Crippen molar-refractivity contribution in [1.82, 2.24) is 0 Å². The third-order valence-corrected chi connectivity index (χ3v) is 5.57. The molecule has 0 atom stereocenters. The Morgan fingerprint density at radius 2 is 1.21 bits per heavy atom. The van der Waals surface area contributed by atoms with Crippen LogP contribution in [0.3, 0.4) is 0 Å². The number of rotatable bonds is 21. The van der Waals surface area contributed by atoms with Crippen LogP contribution in [0.25, 0.3) is 0 Å². The van der Waals surface area contributed by atoms with Gasteiger partial charge in [-0.15, -0.1) is 0 Å². The zero-order valence-corrected chi connectivity index (χ0v) is 20.6. The number of carbonyl (C=O) groups excluding carboxylic acids is 1. The molecule has 0 radical (unpaired) electrons. The van der Waals surface area contributed by atoms with Crippen LogP contribution < -0.4 is 12.4 Å². The van der Waals surface area contributed by atoms with Gasteiger partial charge in [-0.2, -0.15) is 0 Å². The summed E-state index contributed by atoms with van der Waals surface area (Å²) >= 11 is 0. The third-order valence-electron chi connectivity index (χ3n) is 5.57. The highest BCUT2D eigenvalue weighted by molar-refractivity contribution is 5.69. The summed E-state index contributed by atoms with van der Waals surface area (Å²) in [5, 5.41) is 0. The molecule has 0 aliphatic heterocycles. The molecule has 0 aliphatic carbocycles. The molecule has 0 aliphatic rings. The topological polar surface area (TPSA) is 26.3 Å². The highest BCUT2D eigenvalue weighted by Crippen LogP contribution is 2.13. The van der Waals surface area contributed by atoms with Gasteiger partial charge in [-0.25, -0.2) is 0 Å². The number of carbonyl (C=O) groups is 1. The van der Waals surface area contributed by atoms with Gasteiger partial charge in [0.15, 0.2) is 0 Å². The van der Waals surface area contributed by atoms with Crippen molar-refractivity contribution in [3.8, 4) is 0 Å². The van der Waals surface area contributed by atoms with E-state index in [9.17, 15) is 4.79 Å². The number of halogens is 1. The molecule has 3 nitrogen and oxygen atoms in total. The normalized spacial score (nSPS) is 11.1. The van der Waals surface area contributed by atoms with Gasteiger partial charge in [0.1, 0.15) is 13.2 Å². The van der Waals surface area contributed by atoms with E-state index in [-0.39, 0.29) is 18.4 Å². The summed E-state index contributed by atoms with van der Waals surface area (Å²) in [4.78, 5) is 11.8.